The Hall–Kier alpha value is -4.51. The number of hydrogen-bond donors (Lipinski definition) is 1. The number of hydrogen-bond acceptors (Lipinski definition) is 3. The predicted octanol–water partition coefficient (Wildman–Crippen LogP) is 5.71. The molecule has 3 aliphatic carbocycles. The molecule has 1 saturated heterocycles. The van der Waals surface area contributed by atoms with Gasteiger partial charge in [-0.1, -0.05) is 72.8 Å². The van der Waals surface area contributed by atoms with Crippen LogP contribution in [-0.2, 0) is 14.4 Å². The summed E-state index contributed by atoms with van der Waals surface area (Å²) in [7, 11) is 0. The zero-order chi connectivity index (χ0) is 25.3. The van der Waals surface area contributed by atoms with E-state index >= 15 is 0 Å². The predicted molar refractivity (Wildman–Crippen MR) is 142 cm³/mol. The van der Waals surface area contributed by atoms with Crippen molar-refractivity contribution in [3.05, 3.63) is 119 Å². The minimum Gasteiger partial charge on any atom is -0.326 e. The maximum atomic E-state index is 13.9. The number of nitrogens with zero attached hydrogens (tertiary/aromatic N) is 1. The van der Waals surface area contributed by atoms with Crippen molar-refractivity contribution in [1.29, 1.82) is 0 Å². The number of carbonyl (C=O) groups is 3. The lowest BCUT2D eigenvalue weighted by atomic mass is 9.55. The second kappa shape index (κ2) is 8.00. The molecule has 1 aliphatic heterocycles. The van der Waals surface area contributed by atoms with Gasteiger partial charge >= 0.3 is 0 Å². The van der Waals surface area contributed by atoms with Gasteiger partial charge in [-0.3, -0.25) is 14.4 Å². The van der Waals surface area contributed by atoms with Gasteiger partial charge in [-0.25, -0.2) is 4.90 Å². The molecular weight excluding hydrogens is 460 g/mol. The fraction of sp³-hybridized carbons (Fsp3) is 0.156. The Kier molecular flexibility index (Phi) is 4.70. The Morgan fingerprint density at radius 2 is 1.03 bits per heavy atom. The summed E-state index contributed by atoms with van der Waals surface area (Å²) < 4.78 is 0. The first-order chi connectivity index (χ1) is 18.0. The number of amides is 3. The second-order valence-electron chi connectivity index (χ2n) is 10.1. The van der Waals surface area contributed by atoms with E-state index in [2.05, 4.69) is 29.6 Å². The average Bonchev–Trinajstić information content (AvgIpc) is 3.19. The third-order valence-corrected chi connectivity index (χ3v) is 8.11. The Labute approximate surface area is 214 Å². The molecule has 4 aromatic rings. The number of rotatable bonds is 3. The van der Waals surface area contributed by atoms with Gasteiger partial charge in [0.25, 0.3) is 0 Å². The van der Waals surface area contributed by atoms with Crippen molar-refractivity contribution in [3.63, 3.8) is 0 Å². The zero-order valence-corrected chi connectivity index (χ0v) is 20.2. The Morgan fingerprint density at radius 3 is 1.43 bits per heavy atom. The molecule has 0 radical (unpaired) electrons. The highest BCUT2D eigenvalue weighted by Crippen LogP contribution is 2.61. The topological polar surface area (TPSA) is 66.5 Å². The van der Waals surface area contributed by atoms with Crippen molar-refractivity contribution < 1.29 is 14.4 Å². The Morgan fingerprint density at radius 1 is 0.622 bits per heavy atom. The molecule has 2 bridgehead atoms. The van der Waals surface area contributed by atoms with Crippen LogP contribution in [0.2, 0.25) is 0 Å². The highest BCUT2D eigenvalue weighted by Gasteiger charge is 2.61. The van der Waals surface area contributed by atoms with Crippen LogP contribution in [0.4, 0.5) is 11.4 Å². The van der Waals surface area contributed by atoms with Crippen LogP contribution in [0, 0.1) is 11.8 Å². The minimum atomic E-state index is -0.386. The molecule has 0 aromatic heterocycles. The molecule has 5 nitrogen and oxygen atoms in total. The van der Waals surface area contributed by atoms with E-state index in [0.717, 1.165) is 16.8 Å². The molecule has 1 N–H and O–H groups in total. The number of nitrogens with one attached hydrogen (secondary N) is 1. The SMILES string of the molecule is CC(=O)Nc1ccc(-c2ccc(N3C(=O)[C@@H]4C5c6ccccc6C(c6ccccc65)[C@@H]4C3=O)cc2)cc1. The van der Waals surface area contributed by atoms with Crippen LogP contribution < -0.4 is 10.2 Å². The number of carbonyl (C=O) groups excluding carboxylic acids is 3. The van der Waals surface area contributed by atoms with Crippen molar-refractivity contribution in [3.8, 4) is 11.1 Å². The van der Waals surface area contributed by atoms with E-state index in [9.17, 15) is 14.4 Å². The molecule has 1 fully saturated rings. The molecule has 0 saturated carbocycles. The molecule has 4 aromatic carbocycles. The lowest BCUT2D eigenvalue weighted by molar-refractivity contribution is -0.122. The van der Waals surface area contributed by atoms with Crippen molar-refractivity contribution in [1.82, 2.24) is 0 Å². The van der Waals surface area contributed by atoms with Crippen molar-refractivity contribution in [2.75, 3.05) is 10.2 Å². The van der Waals surface area contributed by atoms with Gasteiger partial charge < -0.3 is 5.32 Å². The van der Waals surface area contributed by atoms with Crippen LogP contribution >= 0.6 is 0 Å². The summed E-state index contributed by atoms with van der Waals surface area (Å²) in [6.45, 7) is 1.48. The highest BCUT2D eigenvalue weighted by molar-refractivity contribution is 6.23. The fourth-order valence-electron chi connectivity index (χ4n) is 6.68. The summed E-state index contributed by atoms with van der Waals surface area (Å²) in [6, 6.07) is 31.7. The Bertz CT molecular complexity index is 1470. The first kappa shape index (κ1) is 21.7. The van der Waals surface area contributed by atoms with Gasteiger partial charge in [0.1, 0.15) is 0 Å². The third kappa shape index (κ3) is 3.13. The van der Waals surface area contributed by atoms with Crippen LogP contribution in [0.15, 0.2) is 97.1 Å². The van der Waals surface area contributed by atoms with Crippen LogP contribution in [0.25, 0.3) is 11.1 Å². The molecule has 2 atom stereocenters. The number of anilines is 2. The largest absolute Gasteiger partial charge is 0.326 e. The number of benzene rings is 4. The van der Waals surface area contributed by atoms with E-state index in [4.69, 9.17) is 0 Å². The summed E-state index contributed by atoms with van der Waals surface area (Å²) in [4.78, 5) is 40.5. The van der Waals surface area contributed by atoms with Crippen molar-refractivity contribution in [2.24, 2.45) is 11.8 Å². The van der Waals surface area contributed by atoms with E-state index in [0.29, 0.717) is 5.69 Å². The fourth-order valence-corrected chi connectivity index (χ4v) is 6.68. The van der Waals surface area contributed by atoms with E-state index in [-0.39, 0.29) is 41.4 Å². The molecule has 37 heavy (non-hydrogen) atoms. The van der Waals surface area contributed by atoms with Crippen molar-refractivity contribution >= 4 is 29.1 Å². The summed E-state index contributed by atoms with van der Waals surface area (Å²) in [5.74, 6) is -1.32. The lowest BCUT2D eigenvalue weighted by Crippen LogP contribution is -2.41. The molecular formula is C32H24N2O3. The van der Waals surface area contributed by atoms with Gasteiger partial charge in [0.05, 0.1) is 17.5 Å². The smallest absolute Gasteiger partial charge is 0.238 e. The van der Waals surface area contributed by atoms with Crippen LogP contribution in [0.1, 0.15) is 41.0 Å². The van der Waals surface area contributed by atoms with Gasteiger partial charge in [-0.2, -0.15) is 0 Å². The van der Waals surface area contributed by atoms with E-state index in [1.54, 1.807) is 0 Å². The highest BCUT2D eigenvalue weighted by atomic mass is 16.2. The molecule has 0 spiro atoms. The van der Waals surface area contributed by atoms with Crippen LogP contribution in [-0.4, -0.2) is 17.7 Å². The van der Waals surface area contributed by atoms with Gasteiger partial charge in [0.15, 0.2) is 0 Å². The molecule has 5 heteroatoms. The Balaban J connectivity index is 1.24. The third-order valence-electron chi connectivity index (χ3n) is 8.11. The first-order valence-electron chi connectivity index (χ1n) is 12.6. The normalized spacial score (nSPS) is 22.9. The van der Waals surface area contributed by atoms with Crippen molar-refractivity contribution in [2.45, 2.75) is 18.8 Å². The monoisotopic (exact) mass is 484 g/mol. The minimum absolute atomic E-state index is 0.106. The summed E-state index contributed by atoms with van der Waals surface area (Å²) in [6.07, 6.45) is 0. The van der Waals surface area contributed by atoms with E-state index in [1.165, 1.54) is 34.1 Å². The molecule has 4 aliphatic rings. The number of imide groups is 1. The first-order valence-corrected chi connectivity index (χ1v) is 12.6. The maximum Gasteiger partial charge on any atom is 0.238 e. The van der Waals surface area contributed by atoms with E-state index < -0.39 is 0 Å². The van der Waals surface area contributed by atoms with Gasteiger partial charge in [0, 0.05) is 24.4 Å². The van der Waals surface area contributed by atoms with Gasteiger partial charge in [-0.05, 0) is 57.6 Å². The standard InChI is InChI=1S/C32H24N2O3/c1-18(35)33-21-14-10-19(11-15-21)20-12-16-22(17-13-20)34-31(36)29-27-23-6-2-3-7-24(23)28(30(29)32(34)37)26-9-5-4-8-25(26)27/h2-17,27-30H,1H3,(H,33,35)/t27?,28?,29-,30+. The summed E-state index contributed by atoms with van der Waals surface area (Å²) in [5.41, 5.74) is 7.99. The lowest BCUT2D eigenvalue weighted by Gasteiger charge is -2.45. The quantitative estimate of drug-likeness (QED) is 0.379. The van der Waals surface area contributed by atoms with E-state index in [1.807, 2.05) is 72.8 Å². The molecule has 180 valence electrons. The molecule has 3 amide bonds. The molecule has 1 heterocycles. The molecule has 8 rings (SSSR count). The van der Waals surface area contributed by atoms with Crippen LogP contribution in [0.3, 0.4) is 0 Å². The summed E-state index contributed by atoms with van der Waals surface area (Å²) >= 11 is 0. The zero-order valence-electron chi connectivity index (χ0n) is 20.2. The summed E-state index contributed by atoms with van der Waals surface area (Å²) in [5, 5.41) is 2.77. The van der Waals surface area contributed by atoms with Gasteiger partial charge in [-0.15, -0.1) is 0 Å². The van der Waals surface area contributed by atoms with Gasteiger partial charge in [0.2, 0.25) is 17.7 Å². The van der Waals surface area contributed by atoms with Crippen LogP contribution in [0.5, 0.6) is 0 Å². The average molecular weight is 485 g/mol. The second-order valence-corrected chi connectivity index (χ2v) is 10.1. The molecule has 0 unspecified atom stereocenters. The maximum absolute atomic E-state index is 13.9.